The van der Waals surface area contributed by atoms with Crippen molar-refractivity contribution in [2.45, 2.75) is 25.4 Å². The van der Waals surface area contributed by atoms with Gasteiger partial charge < -0.3 is 5.73 Å². The summed E-state index contributed by atoms with van der Waals surface area (Å²) in [5, 5.41) is 0. The van der Waals surface area contributed by atoms with Gasteiger partial charge >= 0.3 is 0 Å². The number of rotatable bonds is 1. The molecule has 2 aromatic rings. The first kappa shape index (κ1) is 12.2. The maximum Gasteiger partial charge on any atom is 0.0317 e. The van der Waals surface area contributed by atoms with Crippen LogP contribution in [0.3, 0.4) is 0 Å². The molecule has 2 aromatic carbocycles. The molecule has 0 fully saturated rings. The van der Waals surface area contributed by atoms with Crippen molar-refractivity contribution in [1.82, 2.24) is 4.90 Å². The van der Waals surface area contributed by atoms with Gasteiger partial charge in [-0.1, -0.05) is 36.4 Å². The van der Waals surface area contributed by atoms with Crippen LogP contribution >= 0.6 is 0 Å². The van der Waals surface area contributed by atoms with E-state index in [0.717, 1.165) is 12.2 Å². The minimum absolute atomic E-state index is 0.401. The Morgan fingerprint density at radius 1 is 1.11 bits per heavy atom. The van der Waals surface area contributed by atoms with Gasteiger partial charge in [0.2, 0.25) is 0 Å². The van der Waals surface area contributed by atoms with Gasteiger partial charge in [0.25, 0.3) is 0 Å². The molecule has 3 rings (SSSR count). The van der Waals surface area contributed by atoms with Gasteiger partial charge in [0, 0.05) is 24.2 Å². The first-order valence-electron chi connectivity index (χ1n) is 6.80. The molecule has 19 heavy (non-hydrogen) atoms. The van der Waals surface area contributed by atoms with Crippen molar-refractivity contribution in [3.05, 3.63) is 65.2 Å². The van der Waals surface area contributed by atoms with Crippen molar-refractivity contribution < 1.29 is 0 Å². The summed E-state index contributed by atoms with van der Waals surface area (Å²) in [5.74, 6) is 0.401. The highest BCUT2D eigenvalue weighted by Crippen LogP contribution is 2.38. The number of nitrogens with two attached hydrogens (primary N) is 1. The SMILES string of the molecule is C[C@H]1C(c2ccccc2)c2cc(N)ccc2CN1C. The fraction of sp³-hybridized carbons (Fsp3) is 0.294. The molecule has 98 valence electrons. The molecule has 2 heteroatoms. The molecule has 1 aliphatic heterocycles. The number of hydrogen-bond donors (Lipinski definition) is 1. The zero-order valence-corrected chi connectivity index (χ0v) is 11.5. The number of benzene rings is 2. The minimum atomic E-state index is 0.401. The molecule has 1 heterocycles. The second-order valence-corrected chi connectivity index (χ2v) is 5.50. The topological polar surface area (TPSA) is 29.3 Å². The van der Waals surface area contributed by atoms with Crippen LogP contribution < -0.4 is 5.73 Å². The van der Waals surface area contributed by atoms with Crippen molar-refractivity contribution in [3.63, 3.8) is 0 Å². The lowest BCUT2D eigenvalue weighted by Crippen LogP contribution is -2.39. The van der Waals surface area contributed by atoms with Crippen LogP contribution in [0.5, 0.6) is 0 Å². The van der Waals surface area contributed by atoms with E-state index in [4.69, 9.17) is 5.73 Å². The maximum atomic E-state index is 5.99. The number of fused-ring (bicyclic) bond motifs is 1. The van der Waals surface area contributed by atoms with Crippen LogP contribution in [-0.2, 0) is 6.54 Å². The van der Waals surface area contributed by atoms with Gasteiger partial charge in [0.05, 0.1) is 0 Å². The summed E-state index contributed by atoms with van der Waals surface area (Å²) in [6, 6.07) is 17.5. The van der Waals surface area contributed by atoms with Gasteiger partial charge in [-0.05, 0) is 42.8 Å². The van der Waals surface area contributed by atoms with E-state index in [1.165, 1.54) is 16.7 Å². The normalized spacial score (nSPS) is 23.1. The Balaban J connectivity index is 2.15. The molecule has 1 unspecified atom stereocenters. The summed E-state index contributed by atoms with van der Waals surface area (Å²) in [5.41, 5.74) is 11.0. The third-order valence-corrected chi connectivity index (χ3v) is 4.26. The van der Waals surface area contributed by atoms with E-state index >= 15 is 0 Å². The van der Waals surface area contributed by atoms with Gasteiger partial charge in [-0.25, -0.2) is 0 Å². The van der Waals surface area contributed by atoms with Crippen molar-refractivity contribution in [2.75, 3.05) is 12.8 Å². The highest BCUT2D eigenvalue weighted by atomic mass is 15.1. The Kier molecular flexibility index (Phi) is 3.03. The number of anilines is 1. The first-order valence-corrected chi connectivity index (χ1v) is 6.80. The summed E-state index contributed by atoms with van der Waals surface area (Å²) in [7, 11) is 2.19. The van der Waals surface area contributed by atoms with E-state index in [1.807, 2.05) is 6.07 Å². The van der Waals surface area contributed by atoms with Crippen molar-refractivity contribution in [1.29, 1.82) is 0 Å². The van der Waals surface area contributed by atoms with Crippen LogP contribution in [0.4, 0.5) is 5.69 Å². The molecule has 2 atom stereocenters. The average Bonchev–Trinajstić information content (AvgIpc) is 2.42. The van der Waals surface area contributed by atoms with E-state index in [0.29, 0.717) is 12.0 Å². The third-order valence-electron chi connectivity index (χ3n) is 4.26. The molecule has 0 bridgehead atoms. The van der Waals surface area contributed by atoms with Crippen LogP contribution in [-0.4, -0.2) is 18.0 Å². The van der Waals surface area contributed by atoms with E-state index in [9.17, 15) is 0 Å². The summed E-state index contributed by atoms with van der Waals surface area (Å²) in [6.45, 7) is 3.30. The van der Waals surface area contributed by atoms with Crippen LogP contribution in [0.25, 0.3) is 0 Å². The molecule has 0 saturated heterocycles. The van der Waals surface area contributed by atoms with E-state index in [-0.39, 0.29) is 0 Å². The first-order chi connectivity index (χ1) is 9.16. The Hall–Kier alpha value is -1.80. The largest absolute Gasteiger partial charge is 0.399 e. The van der Waals surface area contributed by atoms with Gasteiger partial charge in [-0.15, -0.1) is 0 Å². The van der Waals surface area contributed by atoms with Gasteiger partial charge in [-0.3, -0.25) is 4.90 Å². The highest BCUT2D eigenvalue weighted by molar-refractivity contribution is 5.50. The molecule has 2 nitrogen and oxygen atoms in total. The van der Waals surface area contributed by atoms with Gasteiger partial charge in [-0.2, -0.15) is 0 Å². The smallest absolute Gasteiger partial charge is 0.0317 e. The summed E-state index contributed by atoms with van der Waals surface area (Å²) >= 11 is 0. The molecule has 0 saturated carbocycles. The van der Waals surface area contributed by atoms with E-state index in [2.05, 4.69) is 61.3 Å². The molecule has 0 spiro atoms. The summed E-state index contributed by atoms with van der Waals surface area (Å²) in [4.78, 5) is 2.41. The molecule has 0 aliphatic carbocycles. The summed E-state index contributed by atoms with van der Waals surface area (Å²) in [6.07, 6.45) is 0. The van der Waals surface area contributed by atoms with E-state index in [1.54, 1.807) is 0 Å². The van der Waals surface area contributed by atoms with E-state index < -0.39 is 0 Å². The Labute approximate surface area is 114 Å². The average molecular weight is 252 g/mol. The van der Waals surface area contributed by atoms with Crippen LogP contribution in [0.2, 0.25) is 0 Å². The number of hydrogen-bond acceptors (Lipinski definition) is 2. The van der Waals surface area contributed by atoms with Gasteiger partial charge in [0.1, 0.15) is 0 Å². The number of nitrogens with zero attached hydrogens (tertiary/aromatic N) is 1. The number of nitrogen functional groups attached to an aromatic ring is 1. The second kappa shape index (κ2) is 4.71. The molecule has 2 N–H and O–H groups in total. The highest BCUT2D eigenvalue weighted by Gasteiger charge is 2.31. The predicted octanol–water partition coefficient (Wildman–Crippen LogP) is 3.23. The lowest BCUT2D eigenvalue weighted by Gasteiger charge is -2.39. The van der Waals surface area contributed by atoms with Gasteiger partial charge in [0.15, 0.2) is 0 Å². The molecule has 0 aromatic heterocycles. The molecular formula is C17H20N2. The Bertz CT molecular complexity index is 577. The predicted molar refractivity (Wildman–Crippen MR) is 80.1 cm³/mol. The fourth-order valence-electron chi connectivity index (χ4n) is 3.09. The maximum absolute atomic E-state index is 5.99. The molecular weight excluding hydrogens is 232 g/mol. The van der Waals surface area contributed by atoms with Crippen molar-refractivity contribution in [3.8, 4) is 0 Å². The fourth-order valence-corrected chi connectivity index (χ4v) is 3.09. The van der Waals surface area contributed by atoms with Crippen molar-refractivity contribution in [2.24, 2.45) is 0 Å². The molecule has 0 amide bonds. The molecule has 0 radical (unpaired) electrons. The standard InChI is InChI=1S/C17H20N2/c1-12-17(13-6-4-3-5-7-13)16-10-15(18)9-8-14(16)11-19(12)2/h3-10,12,17H,11,18H2,1-2H3/t12-,17?/m0/s1. The lowest BCUT2D eigenvalue weighted by atomic mass is 9.79. The third kappa shape index (κ3) is 2.13. The van der Waals surface area contributed by atoms with Crippen LogP contribution in [0, 0.1) is 0 Å². The van der Waals surface area contributed by atoms with Crippen LogP contribution in [0.1, 0.15) is 29.5 Å². The van der Waals surface area contributed by atoms with Crippen LogP contribution in [0.15, 0.2) is 48.5 Å². The quantitative estimate of drug-likeness (QED) is 0.789. The monoisotopic (exact) mass is 252 g/mol. The number of likely N-dealkylation sites (N-methyl/N-ethyl adjacent to an activating group) is 1. The zero-order chi connectivity index (χ0) is 13.4. The molecule has 1 aliphatic rings. The minimum Gasteiger partial charge on any atom is -0.399 e. The summed E-state index contributed by atoms with van der Waals surface area (Å²) < 4.78 is 0. The second-order valence-electron chi connectivity index (χ2n) is 5.50. The Morgan fingerprint density at radius 2 is 1.84 bits per heavy atom. The lowest BCUT2D eigenvalue weighted by molar-refractivity contribution is 0.212. The zero-order valence-electron chi connectivity index (χ0n) is 11.5. The van der Waals surface area contributed by atoms with Crippen molar-refractivity contribution >= 4 is 5.69 Å². The Morgan fingerprint density at radius 3 is 2.58 bits per heavy atom.